The fraction of sp³-hybridized carbons (Fsp3) is 0.143. The minimum absolute atomic E-state index is 0.154. The Morgan fingerprint density at radius 3 is 2.58 bits per heavy atom. The second-order valence-electron chi connectivity index (χ2n) is 4.74. The fourth-order valence-electron chi connectivity index (χ4n) is 1.89. The zero-order valence-electron chi connectivity index (χ0n) is 12.9. The lowest BCUT2D eigenvalue weighted by molar-refractivity contribution is 0.00379. The molecule has 140 valence electrons. The van der Waals surface area contributed by atoms with Gasteiger partial charge in [0.15, 0.2) is 0 Å². The van der Waals surface area contributed by atoms with Crippen LogP contribution in [0.4, 0.5) is 10.5 Å². The number of rotatable bonds is 7. The SMILES string of the molecule is NS(=O)(=O)c1cc(C(=O)OCOC(=O)Cl)c(NCc2ccco2)cc1Cl. The van der Waals surface area contributed by atoms with Crippen LogP contribution in [0, 0.1) is 0 Å². The minimum atomic E-state index is -4.19. The Morgan fingerprint density at radius 1 is 1.27 bits per heavy atom. The second-order valence-corrected chi connectivity index (χ2v) is 6.98. The van der Waals surface area contributed by atoms with Crippen LogP contribution in [0.15, 0.2) is 39.8 Å². The van der Waals surface area contributed by atoms with Gasteiger partial charge >= 0.3 is 11.4 Å². The largest absolute Gasteiger partial charge is 0.467 e. The van der Waals surface area contributed by atoms with Crippen molar-refractivity contribution in [3.05, 3.63) is 46.9 Å². The molecule has 2 aromatic rings. The first-order valence-corrected chi connectivity index (χ1v) is 9.10. The molecule has 0 unspecified atom stereocenters. The number of nitrogens with one attached hydrogen (secondary N) is 1. The Kier molecular flexibility index (Phi) is 6.48. The third-order valence-electron chi connectivity index (χ3n) is 2.99. The van der Waals surface area contributed by atoms with Crippen LogP contribution >= 0.6 is 23.2 Å². The van der Waals surface area contributed by atoms with Gasteiger partial charge in [-0.15, -0.1) is 0 Å². The average molecular weight is 423 g/mol. The van der Waals surface area contributed by atoms with Gasteiger partial charge in [-0.2, -0.15) is 0 Å². The second kappa shape index (κ2) is 8.41. The van der Waals surface area contributed by atoms with Crippen LogP contribution in [-0.4, -0.2) is 26.6 Å². The number of nitrogens with two attached hydrogens (primary N) is 1. The summed E-state index contributed by atoms with van der Waals surface area (Å²) in [5, 5.41) is 7.75. The van der Waals surface area contributed by atoms with Crippen molar-refractivity contribution < 1.29 is 31.9 Å². The molecule has 0 fully saturated rings. The molecule has 1 heterocycles. The van der Waals surface area contributed by atoms with Crippen LogP contribution in [0.25, 0.3) is 0 Å². The summed E-state index contributed by atoms with van der Waals surface area (Å²) in [4.78, 5) is 22.2. The number of halogens is 2. The monoisotopic (exact) mass is 422 g/mol. The highest BCUT2D eigenvalue weighted by molar-refractivity contribution is 7.89. The molecule has 9 nitrogen and oxygen atoms in total. The van der Waals surface area contributed by atoms with Crippen molar-refractivity contribution >= 4 is 50.3 Å². The van der Waals surface area contributed by atoms with Gasteiger partial charge in [0.1, 0.15) is 10.7 Å². The summed E-state index contributed by atoms with van der Waals surface area (Å²) >= 11 is 10.9. The van der Waals surface area contributed by atoms with Crippen LogP contribution in [-0.2, 0) is 26.0 Å². The third-order valence-corrected chi connectivity index (χ3v) is 4.48. The molecule has 0 saturated heterocycles. The van der Waals surface area contributed by atoms with E-state index >= 15 is 0 Å². The number of ether oxygens (including phenoxy) is 2. The molecule has 3 N–H and O–H groups in total. The average Bonchev–Trinajstić information content (AvgIpc) is 3.04. The Hall–Kier alpha value is -2.27. The van der Waals surface area contributed by atoms with E-state index in [9.17, 15) is 18.0 Å². The van der Waals surface area contributed by atoms with Gasteiger partial charge in [-0.3, -0.25) is 0 Å². The Bertz CT molecular complexity index is 914. The summed E-state index contributed by atoms with van der Waals surface area (Å²) in [6.07, 6.45) is 1.46. The van der Waals surface area contributed by atoms with Crippen LogP contribution in [0.2, 0.25) is 5.02 Å². The molecule has 2 rings (SSSR count). The number of carbonyl (C=O) groups is 2. The summed E-state index contributed by atoms with van der Waals surface area (Å²) in [6.45, 7) is -0.582. The molecular weight excluding hydrogens is 411 g/mol. The van der Waals surface area contributed by atoms with Crippen molar-refractivity contribution in [1.82, 2.24) is 0 Å². The Morgan fingerprint density at radius 2 is 2.00 bits per heavy atom. The molecule has 0 atom stereocenters. The lowest BCUT2D eigenvalue weighted by atomic mass is 10.1. The van der Waals surface area contributed by atoms with Crippen LogP contribution < -0.4 is 10.5 Å². The molecule has 0 aliphatic carbocycles. The topological polar surface area (TPSA) is 138 Å². The van der Waals surface area contributed by atoms with E-state index in [-0.39, 0.29) is 22.8 Å². The van der Waals surface area contributed by atoms with E-state index in [1.165, 1.54) is 12.3 Å². The zero-order chi connectivity index (χ0) is 19.3. The van der Waals surface area contributed by atoms with Gasteiger partial charge in [0.2, 0.25) is 16.8 Å². The first kappa shape index (κ1) is 20.0. The van der Waals surface area contributed by atoms with E-state index in [1.807, 2.05) is 0 Å². The van der Waals surface area contributed by atoms with Crippen molar-refractivity contribution in [2.24, 2.45) is 5.14 Å². The molecule has 0 amide bonds. The Labute approximate surface area is 158 Å². The summed E-state index contributed by atoms with van der Waals surface area (Å²) < 4.78 is 37.4. The van der Waals surface area contributed by atoms with Crippen molar-refractivity contribution in [3.63, 3.8) is 0 Å². The number of hydrogen-bond acceptors (Lipinski definition) is 8. The van der Waals surface area contributed by atoms with Gasteiger partial charge < -0.3 is 19.2 Å². The minimum Gasteiger partial charge on any atom is -0.467 e. The molecule has 0 bridgehead atoms. The highest BCUT2D eigenvalue weighted by atomic mass is 35.5. The smallest absolute Gasteiger partial charge is 0.406 e. The highest BCUT2D eigenvalue weighted by Gasteiger charge is 2.22. The van der Waals surface area contributed by atoms with Crippen molar-refractivity contribution in [3.8, 4) is 0 Å². The number of primary sulfonamides is 1. The predicted octanol–water partition coefficient (Wildman–Crippen LogP) is 2.68. The molecule has 0 spiro atoms. The Balaban J connectivity index is 2.33. The van der Waals surface area contributed by atoms with E-state index in [1.54, 1.807) is 12.1 Å². The van der Waals surface area contributed by atoms with Crippen LogP contribution in [0.3, 0.4) is 0 Å². The molecule has 0 aliphatic rings. The van der Waals surface area contributed by atoms with Crippen molar-refractivity contribution in [1.29, 1.82) is 0 Å². The standard InChI is InChI=1S/C14H12Cl2N2O7S/c15-10-5-11(18-6-8-2-1-3-23-8)9(4-12(10)26(17,21)22)13(19)24-7-25-14(16)20/h1-5,18H,6-7H2,(H2,17,21,22). The van der Waals surface area contributed by atoms with E-state index in [4.69, 9.17) is 37.5 Å². The highest BCUT2D eigenvalue weighted by Crippen LogP contribution is 2.29. The van der Waals surface area contributed by atoms with Gasteiger partial charge in [-0.05, 0) is 24.3 Å². The molecular formula is C14H12Cl2N2O7S. The lowest BCUT2D eigenvalue weighted by Gasteiger charge is -2.13. The number of furan rings is 1. The zero-order valence-corrected chi connectivity index (χ0v) is 15.2. The molecule has 1 aromatic carbocycles. The van der Waals surface area contributed by atoms with Gasteiger partial charge in [-0.25, -0.2) is 23.1 Å². The summed E-state index contributed by atoms with van der Waals surface area (Å²) in [7, 11) is -4.19. The van der Waals surface area contributed by atoms with Crippen molar-refractivity contribution in [2.45, 2.75) is 11.4 Å². The maximum absolute atomic E-state index is 12.2. The summed E-state index contributed by atoms with van der Waals surface area (Å²) in [5.74, 6) is -0.446. The lowest BCUT2D eigenvalue weighted by Crippen LogP contribution is -2.17. The van der Waals surface area contributed by atoms with Crippen molar-refractivity contribution in [2.75, 3.05) is 12.1 Å². The van der Waals surface area contributed by atoms with Gasteiger partial charge in [0, 0.05) is 11.6 Å². The molecule has 26 heavy (non-hydrogen) atoms. The number of esters is 1. The molecule has 0 saturated carbocycles. The molecule has 1 aromatic heterocycles. The van der Waals surface area contributed by atoms with E-state index in [0.29, 0.717) is 5.76 Å². The number of sulfonamides is 1. The van der Waals surface area contributed by atoms with Gasteiger partial charge in [0.25, 0.3) is 0 Å². The number of benzene rings is 1. The maximum atomic E-state index is 12.2. The van der Waals surface area contributed by atoms with E-state index < -0.39 is 33.1 Å². The van der Waals surface area contributed by atoms with E-state index in [2.05, 4.69) is 10.1 Å². The number of hydrogen-bond donors (Lipinski definition) is 2. The normalized spacial score (nSPS) is 11.0. The fourth-order valence-corrected chi connectivity index (χ4v) is 3.03. The summed E-state index contributed by atoms with van der Waals surface area (Å²) in [6, 6.07) is 5.51. The first-order chi connectivity index (χ1) is 12.2. The quantitative estimate of drug-likeness (QED) is 0.394. The molecule has 0 aliphatic heterocycles. The van der Waals surface area contributed by atoms with Gasteiger partial charge in [-0.1, -0.05) is 11.6 Å². The van der Waals surface area contributed by atoms with Crippen LogP contribution in [0.1, 0.15) is 16.1 Å². The predicted molar refractivity (Wildman–Crippen MR) is 91.5 cm³/mol. The van der Waals surface area contributed by atoms with Crippen LogP contribution in [0.5, 0.6) is 0 Å². The van der Waals surface area contributed by atoms with E-state index in [0.717, 1.165) is 6.07 Å². The molecule has 12 heteroatoms. The number of anilines is 1. The number of carbonyl (C=O) groups excluding carboxylic acids is 2. The molecule has 0 radical (unpaired) electrons. The third kappa shape index (κ3) is 5.36. The summed E-state index contributed by atoms with van der Waals surface area (Å²) in [5.41, 5.74) is -1.22. The maximum Gasteiger partial charge on any atom is 0.406 e. The van der Waals surface area contributed by atoms with Gasteiger partial charge in [0.05, 0.1) is 29.1 Å². The first-order valence-electron chi connectivity index (χ1n) is 6.80.